The van der Waals surface area contributed by atoms with Crippen LogP contribution >= 0.6 is 0 Å². The zero-order chi connectivity index (χ0) is 22.3. The Morgan fingerprint density at radius 2 is 1.77 bits per heavy atom. The maximum atomic E-state index is 12.2. The van der Waals surface area contributed by atoms with Crippen molar-refractivity contribution in [1.29, 1.82) is 0 Å². The summed E-state index contributed by atoms with van der Waals surface area (Å²) in [6, 6.07) is 9.03. The second-order valence-electron chi connectivity index (χ2n) is 6.57. The van der Waals surface area contributed by atoms with Gasteiger partial charge in [0.2, 0.25) is 0 Å². The molecule has 0 bridgehead atoms. The van der Waals surface area contributed by atoms with Gasteiger partial charge >= 0.3 is 5.97 Å². The molecule has 0 aliphatic carbocycles. The van der Waals surface area contributed by atoms with Gasteiger partial charge in [-0.2, -0.15) is 0 Å². The van der Waals surface area contributed by atoms with Crippen LogP contribution in [0.3, 0.4) is 0 Å². The number of Topliss-reactive ketones (excluding diaryl/α,β-unsaturated/α-hetero) is 1. The van der Waals surface area contributed by atoms with E-state index >= 15 is 0 Å². The van der Waals surface area contributed by atoms with Gasteiger partial charge < -0.3 is 14.8 Å². The zero-order valence-corrected chi connectivity index (χ0v) is 16.9. The normalized spacial score (nSPS) is 10.2. The van der Waals surface area contributed by atoms with E-state index in [-0.39, 0.29) is 35.7 Å². The van der Waals surface area contributed by atoms with Gasteiger partial charge in [-0.1, -0.05) is 12.1 Å². The first-order valence-corrected chi connectivity index (χ1v) is 9.09. The predicted octanol–water partition coefficient (Wildman–Crippen LogP) is 3.37. The van der Waals surface area contributed by atoms with E-state index < -0.39 is 23.4 Å². The molecular weight excluding hydrogens is 392 g/mol. The standard InChI is InChI=1S/C21H22N2O7/c1-13-4-5-15(10-14(13)2)18(24)7-9-21(26)30-12-20(25)22-17-11-16(23(27)28)6-8-19(17)29-3/h4-6,8,10-11H,7,9,12H2,1-3H3,(H,22,25). The molecule has 0 saturated heterocycles. The van der Waals surface area contributed by atoms with Gasteiger partial charge in [0.15, 0.2) is 12.4 Å². The van der Waals surface area contributed by atoms with Crippen LogP contribution in [0.25, 0.3) is 0 Å². The smallest absolute Gasteiger partial charge is 0.306 e. The lowest BCUT2D eigenvalue weighted by atomic mass is 10.0. The van der Waals surface area contributed by atoms with Gasteiger partial charge in [0.05, 0.1) is 24.1 Å². The van der Waals surface area contributed by atoms with Gasteiger partial charge in [0.1, 0.15) is 5.75 Å². The number of benzene rings is 2. The second-order valence-corrected chi connectivity index (χ2v) is 6.57. The first-order chi connectivity index (χ1) is 14.2. The third-order valence-corrected chi connectivity index (χ3v) is 4.42. The van der Waals surface area contributed by atoms with Crippen molar-refractivity contribution in [2.75, 3.05) is 19.0 Å². The van der Waals surface area contributed by atoms with Gasteiger partial charge in [-0.25, -0.2) is 0 Å². The van der Waals surface area contributed by atoms with Crippen molar-refractivity contribution in [2.24, 2.45) is 0 Å². The molecule has 30 heavy (non-hydrogen) atoms. The van der Waals surface area contributed by atoms with E-state index in [1.165, 1.54) is 19.2 Å². The van der Waals surface area contributed by atoms with Crippen molar-refractivity contribution in [3.05, 3.63) is 63.2 Å². The molecule has 0 fully saturated rings. The molecule has 9 nitrogen and oxygen atoms in total. The van der Waals surface area contributed by atoms with Crippen LogP contribution in [0, 0.1) is 24.0 Å². The molecule has 0 atom stereocenters. The van der Waals surface area contributed by atoms with E-state index in [4.69, 9.17) is 9.47 Å². The molecular formula is C21H22N2O7. The fraction of sp³-hybridized carbons (Fsp3) is 0.286. The number of carbonyl (C=O) groups is 3. The molecule has 1 N–H and O–H groups in total. The van der Waals surface area contributed by atoms with Crippen molar-refractivity contribution in [1.82, 2.24) is 0 Å². The Bertz CT molecular complexity index is 985. The van der Waals surface area contributed by atoms with E-state index in [1.807, 2.05) is 19.9 Å². The number of non-ortho nitro benzene ring substituents is 1. The molecule has 0 radical (unpaired) electrons. The summed E-state index contributed by atoms with van der Waals surface area (Å²) in [6.45, 7) is 3.24. The van der Waals surface area contributed by atoms with Gasteiger partial charge in [0, 0.05) is 24.1 Å². The summed E-state index contributed by atoms with van der Waals surface area (Å²) in [5, 5.41) is 13.3. The number of esters is 1. The lowest BCUT2D eigenvalue weighted by Crippen LogP contribution is -2.21. The average molecular weight is 414 g/mol. The number of ether oxygens (including phenoxy) is 2. The number of ketones is 1. The van der Waals surface area contributed by atoms with Gasteiger partial charge in [-0.05, 0) is 37.1 Å². The number of nitrogens with zero attached hydrogens (tertiary/aromatic N) is 1. The summed E-state index contributed by atoms with van der Waals surface area (Å²) in [5.41, 5.74) is 2.42. The SMILES string of the molecule is COc1ccc([N+](=O)[O-])cc1NC(=O)COC(=O)CCC(=O)c1ccc(C)c(C)c1. The molecule has 2 aromatic rings. The number of rotatable bonds is 9. The largest absolute Gasteiger partial charge is 0.495 e. The van der Waals surface area contributed by atoms with Crippen molar-refractivity contribution < 1.29 is 28.8 Å². The molecule has 0 unspecified atom stereocenters. The Morgan fingerprint density at radius 3 is 2.40 bits per heavy atom. The van der Waals surface area contributed by atoms with E-state index in [0.29, 0.717) is 5.56 Å². The highest BCUT2D eigenvalue weighted by molar-refractivity contribution is 5.98. The topological polar surface area (TPSA) is 125 Å². The van der Waals surface area contributed by atoms with Crippen LogP contribution in [-0.2, 0) is 14.3 Å². The Morgan fingerprint density at radius 1 is 1.03 bits per heavy atom. The number of hydrogen-bond donors (Lipinski definition) is 1. The number of carbonyl (C=O) groups excluding carboxylic acids is 3. The Kier molecular flexibility index (Phi) is 7.62. The molecule has 9 heteroatoms. The van der Waals surface area contributed by atoms with Crippen LogP contribution in [0.15, 0.2) is 36.4 Å². The quantitative estimate of drug-likeness (QED) is 0.289. The highest BCUT2D eigenvalue weighted by atomic mass is 16.6. The molecule has 0 aliphatic rings. The number of methoxy groups -OCH3 is 1. The number of amides is 1. The fourth-order valence-corrected chi connectivity index (χ4v) is 2.59. The first kappa shape index (κ1) is 22.5. The van der Waals surface area contributed by atoms with Crippen molar-refractivity contribution in [3.8, 4) is 5.75 Å². The first-order valence-electron chi connectivity index (χ1n) is 9.09. The summed E-state index contributed by atoms with van der Waals surface area (Å²) < 4.78 is 9.93. The molecule has 0 saturated carbocycles. The lowest BCUT2D eigenvalue weighted by Gasteiger charge is -2.10. The summed E-state index contributed by atoms with van der Waals surface area (Å²) >= 11 is 0. The minimum Gasteiger partial charge on any atom is -0.495 e. The van der Waals surface area contributed by atoms with Crippen molar-refractivity contribution >= 4 is 29.0 Å². The Hall–Kier alpha value is -3.75. The van der Waals surface area contributed by atoms with Crippen LogP contribution < -0.4 is 10.1 Å². The predicted molar refractivity (Wildman–Crippen MR) is 109 cm³/mol. The fourth-order valence-electron chi connectivity index (χ4n) is 2.59. The van der Waals surface area contributed by atoms with Crippen LogP contribution in [0.5, 0.6) is 5.75 Å². The second kappa shape index (κ2) is 10.1. The molecule has 2 rings (SSSR count). The molecule has 158 valence electrons. The highest BCUT2D eigenvalue weighted by Crippen LogP contribution is 2.28. The molecule has 1 amide bonds. The average Bonchev–Trinajstić information content (AvgIpc) is 2.72. The molecule has 0 heterocycles. The number of nitro groups is 1. The monoisotopic (exact) mass is 414 g/mol. The Labute approximate surface area is 173 Å². The molecule has 2 aromatic carbocycles. The summed E-state index contributed by atoms with van der Waals surface area (Å²) in [5.74, 6) is -1.36. The molecule has 0 spiro atoms. The summed E-state index contributed by atoms with van der Waals surface area (Å²) in [6.07, 6.45) is -0.208. The minimum absolute atomic E-state index is 0.0400. The summed E-state index contributed by atoms with van der Waals surface area (Å²) in [7, 11) is 1.35. The Balaban J connectivity index is 1.85. The third-order valence-electron chi connectivity index (χ3n) is 4.42. The van der Waals surface area contributed by atoms with Crippen LogP contribution in [-0.4, -0.2) is 36.3 Å². The number of hydrogen-bond acceptors (Lipinski definition) is 7. The third kappa shape index (κ3) is 6.13. The number of aryl methyl sites for hydroxylation is 2. The van der Waals surface area contributed by atoms with Crippen LogP contribution in [0.4, 0.5) is 11.4 Å². The molecule has 0 aromatic heterocycles. The lowest BCUT2D eigenvalue weighted by molar-refractivity contribution is -0.384. The van der Waals surface area contributed by atoms with Gasteiger partial charge in [-0.15, -0.1) is 0 Å². The maximum absolute atomic E-state index is 12.2. The molecule has 0 aliphatic heterocycles. The number of nitrogens with one attached hydrogen (secondary N) is 1. The number of anilines is 1. The van der Waals surface area contributed by atoms with Gasteiger partial charge in [0.25, 0.3) is 11.6 Å². The van der Waals surface area contributed by atoms with E-state index in [1.54, 1.807) is 12.1 Å². The summed E-state index contributed by atoms with van der Waals surface area (Å²) in [4.78, 5) is 46.3. The minimum atomic E-state index is -0.701. The zero-order valence-electron chi connectivity index (χ0n) is 16.9. The van der Waals surface area contributed by atoms with Gasteiger partial charge in [-0.3, -0.25) is 24.5 Å². The highest BCUT2D eigenvalue weighted by Gasteiger charge is 2.16. The van der Waals surface area contributed by atoms with E-state index in [0.717, 1.165) is 17.2 Å². The van der Waals surface area contributed by atoms with Crippen molar-refractivity contribution in [3.63, 3.8) is 0 Å². The van der Waals surface area contributed by atoms with Crippen molar-refractivity contribution in [2.45, 2.75) is 26.7 Å². The van der Waals surface area contributed by atoms with Crippen LogP contribution in [0.2, 0.25) is 0 Å². The van der Waals surface area contributed by atoms with E-state index in [9.17, 15) is 24.5 Å². The van der Waals surface area contributed by atoms with Crippen LogP contribution in [0.1, 0.15) is 34.3 Å². The number of nitro benzene ring substituents is 1. The van der Waals surface area contributed by atoms with E-state index in [2.05, 4.69) is 5.32 Å². The maximum Gasteiger partial charge on any atom is 0.306 e.